The van der Waals surface area contributed by atoms with Gasteiger partial charge in [-0.05, 0) is 12.5 Å². The van der Waals surface area contributed by atoms with Gasteiger partial charge in [-0.3, -0.25) is 0 Å². The number of ether oxygens (including phenoxy) is 1. The summed E-state index contributed by atoms with van der Waals surface area (Å²) in [6.45, 7) is 2.68. The van der Waals surface area contributed by atoms with E-state index in [1.807, 2.05) is 0 Å². The first-order valence-corrected chi connectivity index (χ1v) is 2.84. The molecular formula is C6H11NO. The first-order chi connectivity index (χ1) is 3.83. The summed E-state index contributed by atoms with van der Waals surface area (Å²) in [6, 6.07) is 0. The van der Waals surface area contributed by atoms with Gasteiger partial charge in [0.15, 0.2) is 0 Å². The Bertz CT molecular complexity index is 109. The molecule has 0 spiro atoms. The van der Waals surface area contributed by atoms with Crippen LogP contribution in [-0.2, 0) is 4.74 Å². The van der Waals surface area contributed by atoms with Gasteiger partial charge >= 0.3 is 0 Å². The molecule has 1 unspecified atom stereocenters. The molecule has 0 aromatic rings. The molecule has 1 aliphatic rings. The molecule has 0 aromatic heterocycles. The molecule has 2 N–H and O–H groups in total. The van der Waals surface area contributed by atoms with Crippen molar-refractivity contribution in [2.24, 2.45) is 5.73 Å². The van der Waals surface area contributed by atoms with E-state index < -0.39 is 0 Å². The van der Waals surface area contributed by atoms with Crippen molar-refractivity contribution in [2.75, 3.05) is 6.54 Å². The number of hydrogen-bond donors (Lipinski definition) is 1. The highest BCUT2D eigenvalue weighted by atomic mass is 16.5. The molecule has 0 aliphatic carbocycles. The minimum atomic E-state index is 0.259. The van der Waals surface area contributed by atoms with Gasteiger partial charge in [0.25, 0.3) is 0 Å². The maximum atomic E-state index is 5.34. The predicted octanol–water partition coefficient (Wildman–Crippen LogP) is 0.638. The minimum absolute atomic E-state index is 0.259. The van der Waals surface area contributed by atoms with Gasteiger partial charge in [-0.15, -0.1) is 0 Å². The van der Waals surface area contributed by atoms with Crippen LogP contribution >= 0.6 is 0 Å². The van der Waals surface area contributed by atoms with Crippen LogP contribution in [0.1, 0.15) is 13.3 Å². The minimum Gasteiger partial charge on any atom is -0.496 e. The standard InChI is InChI=1S/C6H11NO/c1-5-2-6(3-7)8-4-5/h4,6H,2-3,7H2,1H3. The monoisotopic (exact) mass is 113 g/mol. The molecule has 0 bridgehead atoms. The highest BCUT2D eigenvalue weighted by Gasteiger charge is 2.12. The van der Waals surface area contributed by atoms with Gasteiger partial charge in [0, 0.05) is 13.0 Å². The Morgan fingerprint density at radius 3 is 3.00 bits per heavy atom. The second-order valence-corrected chi connectivity index (χ2v) is 2.16. The van der Waals surface area contributed by atoms with Gasteiger partial charge in [-0.25, -0.2) is 0 Å². The Kier molecular flexibility index (Phi) is 1.53. The Balaban J connectivity index is 2.32. The molecule has 1 rings (SSSR count). The van der Waals surface area contributed by atoms with E-state index in [-0.39, 0.29) is 6.10 Å². The van der Waals surface area contributed by atoms with Gasteiger partial charge < -0.3 is 10.5 Å². The lowest BCUT2D eigenvalue weighted by Gasteiger charge is -2.03. The Morgan fingerprint density at radius 2 is 2.75 bits per heavy atom. The first-order valence-electron chi connectivity index (χ1n) is 2.84. The fourth-order valence-corrected chi connectivity index (χ4v) is 0.807. The van der Waals surface area contributed by atoms with Crippen molar-refractivity contribution in [1.82, 2.24) is 0 Å². The molecule has 0 aromatic carbocycles. The lowest BCUT2D eigenvalue weighted by molar-refractivity contribution is 0.178. The van der Waals surface area contributed by atoms with Crippen LogP contribution in [0, 0.1) is 0 Å². The van der Waals surface area contributed by atoms with Crippen molar-refractivity contribution in [3.05, 3.63) is 11.8 Å². The van der Waals surface area contributed by atoms with E-state index in [0.717, 1.165) is 6.42 Å². The molecule has 1 atom stereocenters. The zero-order valence-corrected chi connectivity index (χ0v) is 5.05. The van der Waals surface area contributed by atoms with Crippen LogP contribution in [-0.4, -0.2) is 12.6 Å². The molecule has 0 amide bonds. The molecule has 0 saturated carbocycles. The molecule has 2 nitrogen and oxygen atoms in total. The van der Waals surface area contributed by atoms with Crippen LogP contribution in [0.5, 0.6) is 0 Å². The zero-order chi connectivity index (χ0) is 5.98. The highest BCUT2D eigenvalue weighted by Crippen LogP contribution is 2.14. The molecule has 8 heavy (non-hydrogen) atoms. The molecular weight excluding hydrogens is 102 g/mol. The van der Waals surface area contributed by atoms with E-state index in [0.29, 0.717) is 6.54 Å². The molecule has 0 radical (unpaired) electrons. The highest BCUT2D eigenvalue weighted by molar-refractivity contribution is 5.01. The Morgan fingerprint density at radius 1 is 2.00 bits per heavy atom. The Labute approximate surface area is 49.3 Å². The molecule has 0 saturated heterocycles. The fourth-order valence-electron chi connectivity index (χ4n) is 0.807. The lowest BCUT2D eigenvalue weighted by Crippen LogP contribution is -2.18. The Hall–Kier alpha value is -0.500. The average molecular weight is 113 g/mol. The van der Waals surface area contributed by atoms with Crippen molar-refractivity contribution < 1.29 is 4.74 Å². The SMILES string of the molecule is CC1=COC(CN)C1. The van der Waals surface area contributed by atoms with Gasteiger partial charge in [-0.2, -0.15) is 0 Å². The number of rotatable bonds is 1. The molecule has 0 fully saturated rings. The summed E-state index contributed by atoms with van der Waals surface area (Å²) in [6.07, 6.45) is 3.06. The summed E-state index contributed by atoms with van der Waals surface area (Å²) in [4.78, 5) is 0. The third kappa shape index (κ3) is 1.01. The average Bonchev–Trinajstić information content (AvgIpc) is 2.14. The topological polar surface area (TPSA) is 35.2 Å². The zero-order valence-electron chi connectivity index (χ0n) is 5.05. The fraction of sp³-hybridized carbons (Fsp3) is 0.667. The maximum Gasteiger partial charge on any atom is 0.114 e. The van der Waals surface area contributed by atoms with E-state index in [2.05, 4.69) is 6.92 Å². The molecule has 2 heteroatoms. The quantitative estimate of drug-likeness (QED) is 0.541. The molecule has 46 valence electrons. The van der Waals surface area contributed by atoms with E-state index in [1.54, 1.807) is 6.26 Å². The van der Waals surface area contributed by atoms with E-state index in [9.17, 15) is 0 Å². The van der Waals surface area contributed by atoms with Gasteiger partial charge in [0.2, 0.25) is 0 Å². The smallest absolute Gasteiger partial charge is 0.114 e. The van der Waals surface area contributed by atoms with Crippen molar-refractivity contribution in [3.8, 4) is 0 Å². The van der Waals surface area contributed by atoms with Crippen molar-refractivity contribution in [3.63, 3.8) is 0 Å². The summed E-state index contributed by atoms with van der Waals surface area (Å²) in [7, 11) is 0. The summed E-state index contributed by atoms with van der Waals surface area (Å²) in [5.41, 5.74) is 6.63. The van der Waals surface area contributed by atoms with E-state index in [4.69, 9.17) is 10.5 Å². The van der Waals surface area contributed by atoms with Crippen LogP contribution in [0.2, 0.25) is 0 Å². The van der Waals surface area contributed by atoms with Crippen LogP contribution in [0.4, 0.5) is 0 Å². The van der Waals surface area contributed by atoms with Crippen LogP contribution < -0.4 is 5.73 Å². The van der Waals surface area contributed by atoms with E-state index in [1.165, 1.54) is 5.57 Å². The normalized spacial score (nSPS) is 27.2. The lowest BCUT2D eigenvalue weighted by atomic mass is 10.2. The number of nitrogens with two attached hydrogens (primary N) is 1. The van der Waals surface area contributed by atoms with Gasteiger partial charge in [0.1, 0.15) is 6.10 Å². The van der Waals surface area contributed by atoms with E-state index >= 15 is 0 Å². The van der Waals surface area contributed by atoms with Crippen molar-refractivity contribution in [1.29, 1.82) is 0 Å². The molecule has 1 heterocycles. The largest absolute Gasteiger partial charge is 0.496 e. The van der Waals surface area contributed by atoms with Gasteiger partial charge in [-0.1, -0.05) is 0 Å². The summed E-state index contributed by atoms with van der Waals surface area (Å²) in [5, 5.41) is 0. The van der Waals surface area contributed by atoms with Crippen molar-refractivity contribution >= 4 is 0 Å². The summed E-state index contributed by atoms with van der Waals surface area (Å²) >= 11 is 0. The first kappa shape index (κ1) is 5.63. The summed E-state index contributed by atoms with van der Waals surface area (Å²) in [5.74, 6) is 0. The third-order valence-corrected chi connectivity index (χ3v) is 1.27. The summed E-state index contributed by atoms with van der Waals surface area (Å²) < 4.78 is 5.13. The second-order valence-electron chi connectivity index (χ2n) is 2.16. The molecule has 1 aliphatic heterocycles. The van der Waals surface area contributed by atoms with Crippen LogP contribution in [0.15, 0.2) is 11.8 Å². The van der Waals surface area contributed by atoms with Crippen LogP contribution in [0.25, 0.3) is 0 Å². The van der Waals surface area contributed by atoms with Crippen molar-refractivity contribution in [2.45, 2.75) is 19.4 Å². The second kappa shape index (κ2) is 2.18. The third-order valence-electron chi connectivity index (χ3n) is 1.27. The number of hydrogen-bond acceptors (Lipinski definition) is 2. The predicted molar refractivity (Wildman–Crippen MR) is 32.3 cm³/mol. The maximum absolute atomic E-state index is 5.34. The van der Waals surface area contributed by atoms with Gasteiger partial charge in [0.05, 0.1) is 6.26 Å². The van der Waals surface area contributed by atoms with Crippen LogP contribution in [0.3, 0.4) is 0 Å².